The van der Waals surface area contributed by atoms with Gasteiger partial charge in [-0.05, 0) is 60.2 Å². The number of rotatable bonds is 4. The third-order valence-electron chi connectivity index (χ3n) is 4.84. The average Bonchev–Trinajstić information content (AvgIpc) is 3.38. The summed E-state index contributed by atoms with van der Waals surface area (Å²) in [6, 6.07) is 22.1. The molecule has 0 aliphatic heterocycles. The minimum atomic E-state index is -0.411. The number of nitrogens with one attached hydrogen (secondary N) is 2. The van der Waals surface area contributed by atoms with E-state index in [0.717, 1.165) is 22.2 Å². The zero-order chi connectivity index (χ0) is 22.1. The number of hydrogen-bond donors (Lipinski definition) is 2. The zero-order valence-corrected chi connectivity index (χ0v) is 18.2. The van der Waals surface area contributed by atoms with Crippen LogP contribution in [-0.2, 0) is 6.42 Å². The van der Waals surface area contributed by atoms with E-state index in [1.54, 1.807) is 24.3 Å². The average molecular weight is 462 g/mol. The van der Waals surface area contributed by atoms with E-state index in [9.17, 15) is 4.79 Å². The highest BCUT2D eigenvalue weighted by Crippen LogP contribution is 2.22. The Morgan fingerprint density at radius 3 is 2.59 bits per heavy atom. The van der Waals surface area contributed by atoms with Gasteiger partial charge in [0.1, 0.15) is 11.1 Å². The summed E-state index contributed by atoms with van der Waals surface area (Å²) in [6.45, 7) is 0. The molecule has 0 unspecified atom stereocenters. The lowest BCUT2D eigenvalue weighted by atomic mass is 10.1. The molecule has 0 saturated carbocycles. The van der Waals surface area contributed by atoms with Gasteiger partial charge in [0, 0.05) is 22.5 Å². The molecule has 6 nitrogen and oxygen atoms in total. The van der Waals surface area contributed by atoms with Crippen LogP contribution >= 0.6 is 23.8 Å². The van der Waals surface area contributed by atoms with Gasteiger partial charge in [-0.25, -0.2) is 4.98 Å². The van der Waals surface area contributed by atoms with Crippen LogP contribution in [0.5, 0.6) is 0 Å². The number of furan rings is 1. The Bertz CT molecular complexity index is 1420. The standard InChI is InChI=1S/C24H16ClN3O3S/c25-16-7-10-20-18(13-16)27-22(31-20)11-14-5-8-17(9-6-14)26-24(32)28-23(29)21-12-15-3-1-2-4-19(15)30-21/h1-10,12-13H,11H2,(H2,26,28,29,32). The second-order valence-corrected chi connectivity index (χ2v) is 7.99. The van der Waals surface area contributed by atoms with Crippen molar-refractivity contribution in [3.05, 3.63) is 95.0 Å². The molecule has 5 aromatic rings. The largest absolute Gasteiger partial charge is 0.451 e. The number of oxazole rings is 1. The van der Waals surface area contributed by atoms with Gasteiger partial charge in [-0.15, -0.1) is 0 Å². The number of carbonyl (C=O) groups excluding carboxylic acids is 1. The maximum absolute atomic E-state index is 12.4. The van der Waals surface area contributed by atoms with Crippen LogP contribution in [0.3, 0.4) is 0 Å². The van der Waals surface area contributed by atoms with Gasteiger partial charge in [0.25, 0.3) is 5.91 Å². The number of anilines is 1. The fourth-order valence-electron chi connectivity index (χ4n) is 3.33. The van der Waals surface area contributed by atoms with Crippen molar-refractivity contribution < 1.29 is 13.6 Å². The normalized spacial score (nSPS) is 11.0. The van der Waals surface area contributed by atoms with Gasteiger partial charge in [-0.2, -0.15) is 0 Å². The Balaban J connectivity index is 1.20. The summed E-state index contributed by atoms with van der Waals surface area (Å²) < 4.78 is 11.3. The summed E-state index contributed by atoms with van der Waals surface area (Å²) in [7, 11) is 0. The molecule has 0 aliphatic carbocycles. The summed E-state index contributed by atoms with van der Waals surface area (Å²) in [5, 5.41) is 7.29. The fraction of sp³-hybridized carbons (Fsp3) is 0.0417. The van der Waals surface area contributed by atoms with Gasteiger partial charge < -0.3 is 14.2 Å². The molecule has 0 spiro atoms. The van der Waals surface area contributed by atoms with Crippen molar-refractivity contribution in [3.8, 4) is 0 Å². The van der Waals surface area contributed by atoms with Gasteiger partial charge in [0.2, 0.25) is 0 Å². The van der Waals surface area contributed by atoms with Crippen LogP contribution in [0.1, 0.15) is 22.0 Å². The van der Waals surface area contributed by atoms with E-state index < -0.39 is 5.91 Å². The predicted molar refractivity (Wildman–Crippen MR) is 128 cm³/mol. The Hall–Kier alpha value is -3.68. The molecule has 0 bridgehead atoms. The second-order valence-electron chi connectivity index (χ2n) is 7.15. The van der Waals surface area contributed by atoms with Crippen molar-refractivity contribution in [3.63, 3.8) is 0 Å². The molecule has 3 aromatic carbocycles. The van der Waals surface area contributed by atoms with Crippen molar-refractivity contribution in [2.45, 2.75) is 6.42 Å². The van der Waals surface area contributed by atoms with E-state index in [1.165, 1.54) is 0 Å². The van der Waals surface area contributed by atoms with E-state index in [2.05, 4.69) is 15.6 Å². The topological polar surface area (TPSA) is 80.3 Å². The first-order valence-corrected chi connectivity index (χ1v) is 10.6. The number of aromatic nitrogens is 1. The fourth-order valence-corrected chi connectivity index (χ4v) is 3.70. The van der Waals surface area contributed by atoms with Gasteiger partial charge >= 0.3 is 0 Å². The van der Waals surface area contributed by atoms with Crippen LogP contribution in [-0.4, -0.2) is 16.0 Å². The quantitative estimate of drug-likeness (QED) is 0.322. The summed E-state index contributed by atoms with van der Waals surface area (Å²) in [5.74, 6) is 0.397. The molecular formula is C24H16ClN3O3S. The zero-order valence-electron chi connectivity index (χ0n) is 16.6. The monoisotopic (exact) mass is 461 g/mol. The number of thiocarbonyl (C=S) groups is 1. The molecule has 158 valence electrons. The molecule has 0 fully saturated rings. The summed E-state index contributed by atoms with van der Waals surface area (Å²) in [6.07, 6.45) is 0.541. The third kappa shape index (κ3) is 4.34. The molecule has 0 radical (unpaired) electrons. The van der Waals surface area contributed by atoms with Crippen molar-refractivity contribution >= 4 is 62.6 Å². The predicted octanol–water partition coefficient (Wildman–Crippen LogP) is 5.95. The van der Waals surface area contributed by atoms with E-state index in [4.69, 9.17) is 32.7 Å². The van der Waals surface area contributed by atoms with E-state index in [-0.39, 0.29) is 10.9 Å². The number of hydrogen-bond acceptors (Lipinski definition) is 5. The first-order chi connectivity index (χ1) is 15.5. The molecule has 8 heteroatoms. The maximum atomic E-state index is 12.4. The summed E-state index contributed by atoms with van der Waals surface area (Å²) in [4.78, 5) is 16.9. The SMILES string of the molecule is O=C(NC(=S)Nc1ccc(Cc2nc3cc(Cl)ccc3o2)cc1)c1cc2ccccc2o1. The molecule has 0 saturated heterocycles. The first kappa shape index (κ1) is 20.2. The van der Waals surface area contributed by atoms with Crippen molar-refractivity contribution in [2.24, 2.45) is 0 Å². The number of amides is 1. The van der Waals surface area contributed by atoms with Crippen LogP contribution in [0.2, 0.25) is 5.02 Å². The molecule has 0 aliphatic rings. The molecule has 2 aromatic heterocycles. The highest BCUT2D eigenvalue weighted by molar-refractivity contribution is 7.80. The van der Waals surface area contributed by atoms with Crippen LogP contribution in [0.25, 0.3) is 22.1 Å². The molecule has 2 heterocycles. The minimum absolute atomic E-state index is 0.180. The Labute approximate surface area is 193 Å². The summed E-state index contributed by atoms with van der Waals surface area (Å²) >= 11 is 11.3. The first-order valence-electron chi connectivity index (χ1n) is 9.78. The van der Waals surface area contributed by atoms with Crippen molar-refractivity contribution in [1.29, 1.82) is 0 Å². The van der Waals surface area contributed by atoms with Gasteiger partial charge in [-0.3, -0.25) is 10.1 Å². The molecule has 2 N–H and O–H groups in total. The Morgan fingerprint density at radius 1 is 0.969 bits per heavy atom. The number of nitrogens with zero attached hydrogens (tertiary/aromatic N) is 1. The number of para-hydroxylation sites is 1. The highest BCUT2D eigenvalue weighted by atomic mass is 35.5. The smallest absolute Gasteiger partial charge is 0.293 e. The van der Waals surface area contributed by atoms with Gasteiger partial charge in [-0.1, -0.05) is 41.9 Å². The van der Waals surface area contributed by atoms with Crippen LogP contribution < -0.4 is 10.6 Å². The van der Waals surface area contributed by atoms with Crippen LogP contribution in [0.4, 0.5) is 5.69 Å². The van der Waals surface area contributed by atoms with E-state index >= 15 is 0 Å². The van der Waals surface area contributed by atoms with Crippen LogP contribution in [0.15, 0.2) is 81.6 Å². The lowest BCUT2D eigenvalue weighted by Gasteiger charge is -2.09. The number of benzene rings is 3. The minimum Gasteiger partial charge on any atom is -0.451 e. The number of carbonyl (C=O) groups is 1. The van der Waals surface area contributed by atoms with Gasteiger partial charge in [0.05, 0.1) is 0 Å². The molecule has 5 rings (SSSR count). The lowest BCUT2D eigenvalue weighted by molar-refractivity contribution is 0.0953. The lowest BCUT2D eigenvalue weighted by Crippen LogP contribution is -2.33. The highest BCUT2D eigenvalue weighted by Gasteiger charge is 2.14. The number of halogens is 1. The molecular weight excluding hydrogens is 446 g/mol. The Morgan fingerprint density at radius 2 is 1.78 bits per heavy atom. The van der Waals surface area contributed by atoms with E-state index in [0.29, 0.717) is 28.5 Å². The molecule has 1 amide bonds. The van der Waals surface area contributed by atoms with Crippen molar-refractivity contribution in [1.82, 2.24) is 10.3 Å². The van der Waals surface area contributed by atoms with Gasteiger partial charge in [0.15, 0.2) is 22.3 Å². The molecule has 32 heavy (non-hydrogen) atoms. The van der Waals surface area contributed by atoms with Crippen molar-refractivity contribution in [2.75, 3.05) is 5.32 Å². The number of fused-ring (bicyclic) bond motifs is 2. The second kappa shape index (κ2) is 8.45. The van der Waals surface area contributed by atoms with Crippen LogP contribution in [0, 0.1) is 0 Å². The molecule has 0 atom stereocenters. The maximum Gasteiger partial charge on any atom is 0.293 e. The third-order valence-corrected chi connectivity index (χ3v) is 5.28. The van der Waals surface area contributed by atoms with E-state index in [1.807, 2.05) is 48.5 Å². The summed E-state index contributed by atoms with van der Waals surface area (Å²) in [5.41, 5.74) is 3.84. The Kier molecular flexibility index (Phi) is 5.34.